The van der Waals surface area contributed by atoms with Crippen molar-refractivity contribution in [3.05, 3.63) is 40.3 Å². The number of nitrogens with zero attached hydrogens (tertiary/aromatic N) is 3. The highest BCUT2D eigenvalue weighted by atomic mass is 32.1. The fourth-order valence-electron chi connectivity index (χ4n) is 3.78. The molecular weight excluding hydrogens is 410 g/mol. The molecule has 1 fully saturated rings. The summed E-state index contributed by atoms with van der Waals surface area (Å²) in [6.45, 7) is 15.5. The van der Waals surface area contributed by atoms with E-state index in [4.69, 9.17) is 9.73 Å². The number of rotatable bonds is 3. The van der Waals surface area contributed by atoms with Crippen LogP contribution >= 0.6 is 11.3 Å². The van der Waals surface area contributed by atoms with Crippen LogP contribution in [0.25, 0.3) is 0 Å². The number of hydrogen-bond acceptors (Lipinski definition) is 6. The third kappa shape index (κ3) is 5.10. The lowest BCUT2D eigenvalue weighted by atomic mass is 9.93. The number of piperazine rings is 1. The van der Waals surface area contributed by atoms with Crippen molar-refractivity contribution >= 4 is 28.8 Å². The van der Waals surface area contributed by atoms with Crippen LogP contribution in [-0.2, 0) is 4.79 Å². The van der Waals surface area contributed by atoms with Crippen LogP contribution in [0.1, 0.15) is 43.7 Å². The Morgan fingerprint density at radius 1 is 1.16 bits per heavy atom. The third-order valence-electron chi connectivity index (χ3n) is 5.48. The van der Waals surface area contributed by atoms with Gasteiger partial charge in [0.05, 0.1) is 11.0 Å². The average molecular weight is 444 g/mol. The average Bonchev–Trinajstić information content (AvgIpc) is 3.02. The predicted octanol–water partition coefficient (Wildman–Crippen LogP) is 5.30. The van der Waals surface area contributed by atoms with Gasteiger partial charge >= 0.3 is 5.97 Å². The van der Waals surface area contributed by atoms with Gasteiger partial charge in [-0.25, -0.2) is 4.99 Å². The molecule has 2 aromatic rings. The molecule has 0 atom stereocenters. The van der Waals surface area contributed by atoms with E-state index in [1.54, 1.807) is 25.2 Å². The molecule has 1 aromatic heterocycles. The van der Waals surface area contributed by atoms with Crippen molar-refractivity contribution < 1.29 is 14.6 Å². The van der Waals surface area contributed by atoms with Gasteiger partial charge in [-0.3, -0.25) is 9.69 Å². The molecule has 6 nitrogen and oxygen atoms in total. The van der Waals surface area contributed by atoms with Gasteiger partial charge < -0.3 is 14.7 Å². The maximum absolute atomic E-state index is 11.5. The van der Waals surface area contributed by atoms with E-state index in [1.165, 1.54) is 4.88 Å². The van der Waals surface area contributed by atoms with Gasteiger partial charge in [0.2, 0.25) is 0 Å². The summed E-state index contributed by atoms with van der Waals surface area (Å²) in [6.07, 6.45) is 0. The third-order valence-corrected chi connectivity index (χ3v) is 6.40. The quantitative estimate of drug-likeness (QED) is 0.697. The van der Waals surface area contributed by atoms with E-state index in [1.807, 2.05) is 26.0 Å². The summed E-state index contributed by atoms with van der Waals surface area (Å²) in [5.74, 6) is 0.990. The Hall–Kier alpha value is -2.38. The van der Waals surface area contributed by atoms with E-state index in [9.17, 15) is 9.90 Å². The van der Waals surface area contributed by atoms with Gasteiger partial charge in [-0.1, -0.05) is 19.9 Å². The molecule has 0 radical (unpaired) electrons. The van der Waals surface area contributed by atoms with Gasteiger partial charge in [-0.05, 0) is 51.5 Å². The molecule has 168 valence electrons. The summed E-state index contributed by atoms with van der Waals surface area (Å²) in [5.41, 5.74) is 2.29. The zero-order chi connectivity index (χ0) is 22.8. The van der Waals surface area contributed by atoms with Gasteiger partial charge in [0.25, 0.3) is 0 Å². The van der Waals surface area contributed by atoms with Crippen LogP contribution in [-0.4, -0.2) is 59.4 Å². The van der Waals surface area contributed by atoms with Gasteiger partial charge in [0.15, 0.2) is 10.8 Å². The molecule has 0 spiro atoms. The molecule has 4 rings (SSSR count). The van der Waals surface area contributed by atoms with Crippen LogP contribution in [0.2, 0.25) is 0 Å². The summed E-state index contributed by atoms with van der Waals surface area (Å²) >= 11 is 1.65. The number of carbonyl (C=O) groups is 1. The molecule has 3 heterocycles. The number of amidine groups is 1. The van der Waals surface area contributed by atoms with E-state index in [-0.39, 0.29) is 0 Å². The van der Waals surface area contributed by atoms with Crippen molar-refractivity contribution in [3.63, 3.8) is 0 Å². The number of thiophene rings is 1. The molecule has 0 saturated carbocycles. The maximum atomic E-state index is 11.5. The molecule has 1 N–H and O–H groups in total. The number of aryl methyl sites for hydroxylation is 2. The van der Waals surface area contributed by atoms with E-state index in [2.05, 4.69) is 35.8 Å². The van der Waals surface area contributed by atoms with Gasteiger partial charge in [0.1, 0.15) is 11.5 Å². The summed E-state index contributed by atoms with van der Waals surface area (Å²) in [7, 11) is 0. The van der Waals surface area contributed by atoms with Crippen molar-refractivity contribution in [1.29, 1.82) is 0 Å². The van der Waals surface area contributed by atoms with Crippen molar-refractivity contribution in [3.8, 4) is 10.8 Å². The summed E-state index contributed by atoms with van der Waals surface area (Å²) in [5, 5.41) is 10.3. The standard InChI is InChI=1S/C22H27N3O3S.C2H6/c1-14-5-6-17-18(11-14)28-20-16(12-15(2)29-20)19(23-17)25-9-7-24(8-10-25)13-22(3,4)21(26)27;1-2/h5-6,11-12H,7-10,13H2,1-4H3,(H,26,27);1-2H3. The van der Waals surface area contributed by atoms with Crippen LogP contribution in [0.3, 0.4) is 0 Å². The molecule has 0 aliphatic carbocycles. The molecule has 31 heavy (non-hydrogen) atoms. The molecule has 0 unspecified atom stereocenters. The number of ether oxygens (including phenoxy) is 1. The minimum absolute atomic E-state index is 0.552. The van der Waals surface area contributed by atoms with Crippen molar-refractivity contribution in [2.45, 2.75) is 41.5 Å². The Balaban J connectivity index is 0.00000132. The topological polar surface area (TPSA) is 65.4 Å². The number of aliphatic imine (C=N–C) groups is 1. The highest BCUT2D eigenvalue weighted by molar-refractivity contribution is 7.14. The second kappa shape index (κ2) is 9.40. The van der Waals surface area contributed by atoms with Gasteiger partial charge in [-0.15, -0.1) is 11.3 Å². The Morgan fingerprint density at radius 2 is 1.84 bits per heavy atom. The smallest absolute Gasteiger partial charge is 0.310 e. The number of fused-ring (bicyclic) bond motifs is 2. The van der Waals surface area contributed by atoms with Crippen LogP contribution < -0.4 is 4.74 Å². The lowest BCUT2D eigenvalue weighted by Crippen LogP contribution is -2.51. The van der Waals surface area contributed by atoms with Crippen LogP contribution in [0.5, 0.6) is 10.8 Å². The Bertz CT molecular complexity index is 972. The zero-order valence-corrected chi connectivity index (χ0v) is 20.2. The first-order chi connectivity index (χ1) is 14.7. The Morgan fingerprint density at radius 3 is 2.48 bits per heavy atom. The van der Waals surface area contributed by atoms with Crippen molar-refractivity contribution in [2.24, 2.45) is 10.4 Å². The first kappa shape index (κ1) is 23.3. The van der Waals surface area contributed by atoms with Crippen molar-refractivity contribution in [1.82, 2.24) is 9.80 Å². The normalized spacial score (nSPS) is 16.2. The second-order valence-electron chi connectivity index (χ2n) is 8.52. The molecule has 1 aromatic carbocycles. The van der Waals surface area contributed by atoms with E-state index in [0.717, 1.165) is 59.6 Å². The Labute approximate surface area is 189 Å². The number of hydrogen-bond donors (Lipinski definition) is 1. The first-order valence-electron chi connectivity index (χ1n) is 10.9. The highest BCUT2D eigenvalue weighted by Gasteiger charge is 2.33. The summed E-state index contributed by atoms with van der Waals surface area (Å²) in [6, 6.07) is 8.25. The minimum Gasteiger partial charge on any atom is -0.481 e. The van der Waals surface area contributed by atoms with Gasteiger partial charge in [0, 0.05) is 37.6 Å². The minimum atomic E-state index is -0.754. The highest BCUT2D eigenvalue weighted by Crippen LogP contribution is 2.42. The molecule has 2 aliphatic heterocycles. The summed E-state index contributed by atoms with van der Waals surface area (Å²) in [4.78, 5) is 22.2. The number of benzene rings is 1. The second-order valence-corrected chi connectivity index (χ2v) is 9.74. The van der Waals surface area contributed by atoms with E-state index >= 15 is 0 Å². The van der Waals surface area contributed by atoms with Crippen LogP contribution in [0, 0.1) is 19.3 Å². The Kier molecular flexibility index (Phi) is 7.06. The van der Waals surface area contributed by atoms with E-state index in [0.29, 0.717) is 6.54 Å². The van der Waals surface area contributed by atoms with E-state index < -0.39 is 11.4 Å². The monoisotopic (exact) mass is 443 g/mol. The lowest BCUT2D eigenvalue weighted by molar-refractivity contribution is -0.148. The molecule has 1 saturated heterocycles. The predicted molar refractivity (Wildman–Crippen MR) is 127 cm³/mol. The maximum Gasteiger partial charge on any atom is 0.310 e. The molecule has 7 heteroatoms. The molecule has 2 aliphatic rings. The van der Waals surface area contributed by atoms with Crippen molar-refractivity contribution in [2.75, 3.05) is 32.7 Å². The number of carboxylic acids is 1. The number of carboxylic acid groups (broad SMARTS) is 1. The zero-order valence-electron chi connectivity index (χ0n) is 19.4. The van der Waals surface area contributed by atoms with Gasteiger partial charge in [-0.2, -0.15) is 0 Å². The molecule has 0 bridgehead atoms. The SMILES string of the molecule is CC.Cc1ccc2c(c1)Oc1sc(C)cc1C(N1CCN(CC(C)(C)C(=O)O)CC1)=N2. The largest absolute Gasteiger partial charge is 0.481 e. The first-order valence-corrected chi connectivity index (χ1v) is 11.7. The van der Waals surface area contributed by atoms with Crippen LogP contribution in [0.4, 0.5) is 5.69 Å². The number of aliphatic carboxylic acids is 1. The molecule has 0 amide bonds. The summed E-state index contributed by atoms with van der Waals surface area (Å²) < 4.78 is 6.24. The lowest BCUT2D eigenvalue weighted by Gasteiger charge is -2.38. The fourth-order valence-corrected chi connectivity index (χ4v) is 4.64. The van der Waals surface area contributed by atoms with Crippen LogP contribution in [0.15, 0.2) is 29.3 Å². The fraction of sp³-hybridized carbons (Fsp3) is 0.500. The molecular formula is C24H33N3O3S.